The molecule has 0 aliphatic carbocycles. The lowest BCUT2D eigenvalue weighted by Crippen LogP contribution is -2.22. The van der Waals surface area contributed by atoms with Crippen molar-refractivity contribution in [3.05, 3.63) is 22.3 Å². The van der Waals surface area contributed by atoms with Gasteiger partial charge in [0.05, 0.1) is 16.7 Å². The van der Waals surface area contributed by atoms with E-state index in [4.69, 9.17) is 0 Å². The van der Waals surface area contributed by atoms with Gasteiger partial charge < -0.3 is 10.2 Å². The van der Waals surface area contributed by atoms with Gasteiger partial charge in [-0.05, 0) is 0 Å². The molecule has 3 rings (SSSR count). The number of aliphatic imine (C=N–C) groups is 1. The summed E-state index contributed by atoms with van der Waals surface area (Å²) in [6.45, 7) is 0.981. The van der Waals surface area contributed by atoms with E-state index in [2.05, 4.69) is 26.8 Å². The maximum absolute atomic E-state index is 4.50. The van der Waals surface area contributed by atoms with Crippen LogP contribution < -0.4 is 5.32 Å². The molecule has 15 heavy (non-hydrogen) atoms. The highest BCUT2D eigenvalue weighted by Gasteiger charge is 2.23. The van der Waals surface area contributed by atoms with Crippen LogP contribution in [0.1, 0.15) is 0 Å². The summed E-state index contributed by atoms with van der Waals surface area (Å²) in [5, 5.41) is 6.77. The van der Waals surface area contributed by atoms with Crippen LogP contribution in [0.5, 0.6) is 0 Å². The topological polar surface area (TPSA) is 27.6 Å². The van der Waals surface area contributed by atoms with Crippen LogP contribution in [0.2, 0.25) is 0 Å². The van der Waals surface area contributed by atoms with Crippen molar-refractivity contribution in [1.29, 1.82) is 0 Å². The normalized spacial score (nSPS) is 25.1. The molecule has 0 bridgehead atoms. The lowest BCUT2D eigenvalue weighted by atomic mass is 10.5. The molecule has 0 fully saturated rings. The van der Waals surface area contributed by atoms with Crippen molar-refractivity contribution in [3.8, 4) is 0 Å². The molecule has 3 nitrogen and oxygen atoms in total. The van der Waals surface area contributed by atoms with Crippen molar-refractivity contribution < 1.29 is 0 Å². The van der Waals surface area contributed by atoms with Gasteiger partial charge in [-0.25, -0.2) is 0 Å². The third-order valence-corrected chi connectivity index (χ3v) is 5.13. The molecule has 0 aromatic carbocycles. The fourth-order valence-electron chi connectivity index (χ4n) is 1.54. The second-order valence-corrected chi connectivity index (χ2v) is 6.19. The van der Waals surface area contributed by atoms with Gasteiger partial charge in [0.1, 0.15) is 10.9 Å². The minimum atomic E-state index is 0.981. The third-order valence-electron chi connectivity index (χ3n) is 2.27. The molecule has 80 valence electrons. The standard InChI is InChI=1S/C9H11N3S3/c1-2-14-9(10-1)7-3-12(6-15-7)8-4-13-5-11-8/h3-4,11H,1-2,5-6H2. The molecule has 3 aliphatic heterocycles. The van der Waals surface area contributed by atoms with Crippen LogP contribution in [0.3, 0.4) is 0 Å². The van der Waals surface area contributed by atoms with Crippen LogP contribution in [-0.2, 0) is 0 Å². The van der Waals surface area contributed by atoms with E-state index < -0.39 is 0 Å². The second kappa shape index (κ2) is 4.35. The summed E-state index contributed by atoms with van der Waals surface area (Å²) in [7, 11) is 0. The van der Waals surface area contributed by atoms with Gasteiger partial charge in [-0.3, -0.25) is 4.99 Å². The van der Waals surface area contributed by atoms with E-state index in [1.54, 1.807) is 0 Å². The van der Waals surface area contributed by atoms with E-state index in [1.165, 1.54) is 15.8 Å². The molecule has 1 N–H and O–H groups in total. The van der Waals surface area contributed by atoms with Crippen molar-refractivity contribution in [2.24, 2.45) is 4.99 Å². The summed E-state index contributed by atoms with van der Waals surface area (Å²) in [5.41, 5.74) is 0. The first-order valence-corrected chi connectivity index (χ1v) is 7.80. The molecular formula is C9H11N3S3. The maximum Gasteiger partial charge on any atom is 0.113 e. The van der Waals surface area contributed by atoms with E-state index in [1.807, 2.05) is 35.3 Å². The fraction of sp³-hybridized carbons (Fsp3) is 0.444. The van der Waals surface area contributed by atoms with E-state index in [9.17, 15) is 0 Å². The average Bonchev–Trinajstić information content (AvgIpc) is 3.02. The van der Waals surface area contributed by atoms with Crippen LogP contribution in [0, 0.1) is 0 Å². The van der Waals surface area contributed by atoms with Gasteiger partial charge in [0.15, 0.2) is 0 Å². The molecule has 0 aromatic heterocycles. The maximum atomic E-state index is 4.50. The molecule has 0 saturated carbocycles. The Hall–Kier alpha value is -0.200. The Bertz CT molecular complexity index is 362. The third kappa shape index (κ3) is 2.03. The number of nitrogens with zero attached hydrogens (tertiary/aromatic N) is 2. The second-order valence-electron chi connectivity index (χ2n) is 3.26. The van der Waals surface area contributed by atoms with Crippen molar-refractivity contribution in [2.45, 2.75) is 0 Å². The highest BCUT2D eigenvalue weighted by Crippen LogP contribution is 2.34. The number of thioether (sulfide) groups is 3. The molecule has 0 amide bonds. The Morgan fingerprint density at radius 2 is 2.40 bits per heavy atom. The Morgan fingerprint density at radius 1 is 1.40 bits per heavy atom. The van der Waals surface area contributed by atoms with Crippen LogP contribution >= 0.6 is 35.3 Å². The Balaban J connectivity index is 1.74. The molecule has 6 heteroatoms. The smallest absolute Gasteiger partial charge is 0.113 e. The SMILES string of the molecule is C1=C(C2=NCCS2)SCN1C1=CSCN1. The van der Waals surface area contributed by atoms with E-state index in [0.29, 0.717) is 0 Å². The first-order valence-electron chi connectivity index (χ1n) is 4.78. The highest BCUT2D eigenvalue weighted by atomic mass is 32.2. The molecule has 0 atom stereocenters. The molecule has 3 heterocycles. The Kier molecular flexibility index (Phi) is 2.90. The number of hydrogen-bond donors (Lipinski definition) is 1. The van der Waals surface area contributed by atoms with Gasteiger partial charge in [-0.1, -0.05) is 11.8 Å². The summed E-state index contributed by atoms with van der Waals surface area (Å²) < 4.78 is 0. The van der Waals surface area contributed by atoms with Gasteiger partial charge in [-0.15, -0.1) is 23.5 Å². The van der Waals surface area contributed by atoms with E-state index >= 15 is 0 Å². The van der Waals surface area contributed by atoms with Gasteiger partial charge in [0.2, 0.25) is 0 Å². The molecule has 3 aliphatic rings. The predicted molar refractivity (Wildman–Crippen MR) is 70.8 cm³/mol. The minimum Gasteiger partial charge on any atom is -0.362 e. The van der Waals surface area contributed by atoms with Gasteiger partial charge in [0, 0.05) is 23.9 Å². The van der Waals surface area contributed by atoms with Crippen molar-refractivity contribution in [3.63, 3.8) is 0 Å². The summed E-state index contributed by atoms with van der Waals surface area (Å²) in [5.74, 6) is 4.37. The van der Waals surface area contributed by atoms with Crippen LogP contribution in [0.25, 0.3) is 0 Å². The zero-order valence-electron chi connectivity index (χ0n) is 8.10. The molecule has 0 saturated heterocycles. The van der Waals surface area contributed by atoms with Crippen molar-refractivity contribution >= 4 is 40.3 Å². The van der Waals surface area contributed by atoms with Crippen LogP contribution in [-0.4, -0.2) is 34.0 Å². The van der Waals surface area contributed by atoms with Crippen LogP contribution in [0.4, 0.5) is 0 Å². The predicted octanol–water partition coefficient (Wildman–Crippen LogP) is 2.07. The quantitative estimate of drug-likeness (QED) is 0.817. The van der Waals surface area contributed by atoms with E-state index in [-0.39, 0.29) is 0 Å². The Labute approximate surface area is 102 Å². The highest BCUT2D eigenvalue weighted by molar-refractivity contribution is 8.18. The molecule has 0 spiro atoms. The largest absolute Gasteiger partial charge is 0.362 e. The zero-order valence-corrected chi connectivity index (χ0v) is 10.6. The van der Waals surface area contributed by atoms with Crippen molar-refractivity contribution in [1.82, 2.24) is 10.2 Å². The van der Waals surface area contributed by atoms with E-state index in [0.717, 1.165) is 24.1 Å². The zero-order chi connectivity index (χ0) is 10.1. The van der Waals surface area contributed by atoms with Gasteiger partial charge in [0.25, 0.3) is 0 Å². The Morgan fingerprint density at radius 3 is 3.13 bits per heavy atom. The number of rotatable bonds is 2. The monoisotopic (exact) mass is 257 g/mol. The molecule has 0 aromatic rings. The van der Waals surface area contributed by atoms with Gasteiger partial charge in [-0.2, -0.15) is 0 Å². The molecule has 0 radical (unpaired) electrons. The minimum absolute atomic E-state index is 0.981. The molecule has 0 unspecified atom stereocenters. The first kappa shape index (κ1) is 9.99. The number of hydrogen-bond acceptors (Lipinski definition) is 6. The van der Waals surface area contributed by atoms with Crippen LogP contribution in [0.15, 0.2) is 27.3 Å². The molecular weight excluding hydrogens is 246 g/mol. The summed E-state index contributed by atoms with van der Waals surface area (Å²) in [4.78, 5) is 8.09. The number of nitrogens with one attached hydrogen (secondary N) is 1. The van der Waals surface area contributed by atoms with Crippen molar-refractivity contribution in [2.75, 3.05) is 24.1 Å². The first-order chi connectivity index (χ1) is 7.43. The summed E-state index contributed by atoms with van der Waals surface area (Å²) in [6.07, 6.45) is 2.21. The van der Waals surface area contributed by atoms with Gasteiger partial charge >= 0.3 is 0 Å². The lowest BCUT2D eigenvalue weighted by molar-refractivity contribution is 0.517. The fourth-order valence-corrected chi connectivity index (χ4v) is 4.22. The lowest BCUT2D eigenvalue weighted by Gasteiger charge is -2.15. The summed E-state index contributed by atoms with van der Waals surface area (Å²) in [6, 6.07) is 0. The summed E-state index contributed by atoms with van der Waals surface area (Å²) >= 11 is 5.57. The average molecular weight is 257 g/mol.